The van der Waals surface area contributed by atoms with Gasteiger partial charge in [-0.15, -0.1) is 0 Å². The molecule has 4 rings (SSSR count). The van der Waals surface area contributed by atoms with Gasteiger partial charge in [0.2, 0.25) is 6.29 Å². The van der Waals surface area contributed by atoms with Gasteiger partial charge in [0, 0.05) is 17.9 Å². The van der Waals surface area contributed by atoms with Gasteiger partial charge in [-0.3, -0.25) is 0 Å². The summed E-state index contributed by atoms with van der Waals surface area (Å²) < 4.78 is 24.8. The fourth-order valence-electron chi connectivity index (χ4n) is 6.52. The Balaban J connectivity index is 1.76. The van der Waals surface area contributed by atoms with Crippen molar-refractivity contribution in [3.63, 3.8) is 0 Å². The van der Waals surface area contributed by atoms with Gasteiger partial charge in [0.1, 0.15) is 0 Å². The van der Waals surface area contributed by atoms with Gasteiger partial charge in [0.25, 0.3) is 8.32 Å². The molecular weight excluding hydrogens is 556 g/mol. The van der Waals surface area contributed by atoms with Gasteiger partial charge in [0.05, 0.1) is 13.2 Å². The van der Waals surface area contributed by atoms with Crippen molar-refractivity contribution in [1.29, 1.82) is 0 Å². The third-order valence-corrected chi connectivity index (χ3v) is 13.8. The first-order valence-electron chi connectivity index (χ1n) is 15.7. The predicted octanol–water partition coefficient (Wildman–Crippen LogP) is 6.48. The van der Waals surface area contributed by atoms with E-state index in [1.807, 2.05) is 18.2 Å². The molecule has 1 heterocycles. The van der Waals surface area contributed by atoms with Gasteiger partial charge < -0.3 is 18.6 Å². The van der Waals surface area contributed by atoms with Crippen LogP contribution in [0.25, 0.3) is 0 Å². The van der Waals surface area contributed by atoms with E-state index < -0.39 is 32.1 Å². The molecular formula is C36H48O6Si. The van der Waals surface area contributed by atoms with Crippen LogP contribution in [0.1, 0.15) is 74.1 Å². The minimum Gasteiger partial charge on any atom is -0.463 e. The number of carbonyl (C=O) groups excluding carboxylic acids is 2. The Morgan fingerprint density at radius 1 is 1.05 bits per heavy atom. The summed E-state index contributed by atoms with van der Waals surface area (Å²) in [6.07, 6.45) is 6.30. The number of esters is 2. The van der Waals surface area contributed by atoms with Crippen LogP contribution in [-0.2, 0) is 28.2 Å². The lowest BCUT2D eigenvalue weighted by molar-refractivity contribution is -0.147. The standard InChI is InChI=1S/C36H48O6Si/c1-8-10-21-32-41-34(38)36(42-32)24-27(4)28(23-29(36)22-26(3)33(37)39-9-2)25-40-43(35(5,6)7,30-17-13-11-14-18-30)31-19-15-12-16-20-31/h11-20,22-23,27,29,32H,8-10,21,24-25H2,1-7H3/b26-22+/t27-,29-,32-,36-/m0/s1. The van der Waals surface area contributed by atoms with Gasteiger partial charge in [-0.05, 0) is 53.6 Å². The van der Waals surface area contributed by atoms with Gasteiger partial charge in [-0.1, -0.05) is 114 Å². The van der Waals surface area contributed by atoms with Gasteiger partial charge in [-0.2, -0.15) is 0 Å². The molecule has 0 aromatic heterocycles. The van der Waals surface area contributed by atoms with Crippen molar-refractivity contribution in [2.75, 3.05) is 13.2 Å². The average Bonchev–Trinajstić information content (AvgIpc) is 3.29. The second-order valence-electron chi connectivity index (χ2n) is 12.9. The third kappa shape index (κ3) is 6.74. The van der Waals surface area contributed by atoms with Crippen molar-refractivity contribution in [3.05, 3.63) is 84.0 Å². The van der Waals surface area contributed by atoms with Gasteiger partial charge in [0.15, 0.2) is 5.60 Å². The van der Waals surface area contributed by atoms with E-state index in [4.69, 9.17) is 18.6 Å². The third-order valence-electron chi connectivity index (χ3n) is 8.79. The Bertz CT molecular complexity index is 1270. The van der Waals surface area contributed by atoms with Crippen LogP contribution in [0.4, 0.5) is 0 Å². The molecule has 1 aliphatic carbocycles. The molecule has 7 heteroatoms. The second kappa shape index (κ2) is 13.7. The molecule has 2 aliphatic rings. The number of hydrogen-bond donors (Lipinski definition) is 0. The highest BCUT2D eigenvalue weighted by molar-refractivity contribution is 6.99. The molecule has 2 aromatic carbocycles. The van der Waals surface area contributed by atoms with Crippen LogP contribution in [-0.4, -0.2) is 45.4 Å². The Morgan fingerprint density at radius 2 is 1.65 bits per heavy atom. The highest BCUT2D eigenvalue weighted by Gasteiger charge is 2.57. The quantitative estimate of drug-likeness (QED) is 0.127. The first-order valence-corrected chi connectivity index (χ1v) is 17.6. The molecule has 232 valence electrons. The van der Waals surface area contributed by atoms with Gasteiger partial charge >= 0.3 is 11.9 Å². The van der Waals surface area contributed by atoms with E-state index in [2.05, 4.69) is 89.2 Å². The molecule has 1 aliphatic heterocycles. The lowest BCUT2D eigenvalue weighted by Crippen LogP contribution is -2.66. The Labute approximate surface area is 258 Å². The van der Waals surface area contributed by atoms with Crippen LogP contribution >= 0.6 is 0 Å². The first kappa shape index (κ1) is 32.9. The topological polar surface area (TPSA) is 71.1 Å². The predicted molar refractivity (Wildman–Crippen MR) is 173 cm³/mol. The Hall–Kier alpha value is -3.00. The fourth-order valence-corrected chi connectivity index (χ4v) is 11.1. The average molecular weight is 605 g/mol. The summed E-state index contributed by atoms with van der Waals surface area (Å²) in [5.41, 5.74) is 0.342. The normalized spacial score (nSPS) is 24.5. The van der Waals surface area contributed by atoms with E-state index in [0.717, 1.165) is 18.4 Å². The largest absolute Gasteiger partial charge is 0.463 e. The molecule has 4 atom stereocenters. The first-order chi connectivity index (χ1) is 20.5. The van der Waals surface area contributed by atoms with Crippen molar-refractivity contribution in [3.8, 4) is 0 Å². The monoisotopic (exact) mass is 604 g/mol. The SMILES string of the molecule is CCCC[C@H]1OC(=O)[C@@]2(C[C@H](C)C(CO[Si](c3ccccc3)(c3ccccc3)C(C)(C)C)=C[C@@H]2/C=C(\C)C(=O)OCC)O1. The lowest BCUT2D eigenvalue weighted by Gasteiger charge is -2.44. The minimum atomic E-state index is -2.78. The van der Waals surface area contributed by atoms with Crippen molar-refractivity contribution < 1.29 is 28.2 Å². The summed E-state index contributed by atoms with van der Waals surface area (Å²) in [5, 5.41) is 2.26. The number of unbranched alkanes of at least 4 members (excludes halogenated alkanes) is 1. The zero-order valence-electron chi connectivity index (χ0n) is 26.9. The van der Waals surface area contributed by atoms with Crippen molar-refractivity contribution in [2.45, 2.75) is 91.1 Å². The maximum Gasteiger partial charge on any atom is 0.341 e. The molecule has 0 N–H and O–H groups in total. The summed E-state index contributed by atoms with van der Waals surface area (Å²) >= 11 is 0. The number of carbonyl (C=O) groups is 2. The summed E-state index contributed by atoms with van der Waals surface area (Å²) in [4.78, 5) is 26.2. The summed E-state index contributed by atoms with van der Waals surface area (Å²) in [6, 6.07) is 21.2. The van der Waals surface area contributed by atoms with Crippen molar-refractivity contribution in [2.24, 2.45) is 11.8 Å². The Kier molecular flexibility index (Phi) is 10.5. The minimum absolute atomic E-state index is 0.00300. The molecule has 1 saturated heterocycles. The molecule has 0 bridgehead atoms. The number of benzene rings is 2. The number of hydrogen-bond acceptors (Lipinski definition) is 6. The molecule has 1 fully saturated rings. The van der Waals surface area contributed by atoms with Crippen LogP contribution < -0.4 is 10.4 Å². The van der Waals surface area contributed by atoms with Gasteiger partial charge in [-0.25, -0.2) is 9.59 Å². The molecule has 0 saturated carbocycles. The van der Waals surface area contributed by atoms with E-state index in [0.29, 0.717) is 25.0 Å². The maximum atomic E-state index is 13.5. The summed E-state index contributed by atoms with van der Waals surface area (Å²) in [7, 11) is -2.78. The Morgan fingerprint density at radius 3 is 2.19 bits per heavy atom. The fraction of sp³-hybridized carbons (Fsp3) is 0.500. The highest BCUT2D eigenvalue weighted by atomic mass is 28.4. The maximum absolute atomic E-state index is 13.5. The number of cyclic esters (lactones) is 1. The molecule has 0 radical (unpaired) electrons. The van der Waals surface area contributed by atoms with Crippen molar-refractivity contribution in [1.82, 2.24) is 0 Å². The van der Waals surface area contributed by atoms with E-state index >= 15 is 0 Å². The van der Waals surface area contributed by atoms with E-state index in [9.17, 15) is 9.59 Å². The van der Waals surface area contributed by atoms with Crippen LogP contribution in [0.15, 0.2) is 84.0 Å². The smallest absolute Gasteiger partial charge is 0.341 e. The molecule has 0 amide bonds. The zero-order chi connectivity index (χ0) is 31.3. The molecule has 1 spiro atoms. The van der Waals surface area contributed by atoms with Crippen LogP contribution in [0, 0.1) is 11.8 Å². The van der Waals surface area contributed by atoms with Crippen LogP contribution in [0.2, 0.25) is 5.04 Å². The van der Waals surface area contributed by atoms with Crippen LogP contribution in [0.5, 0.6) is 0 Å². The molecule has 2 aromatic rings. The zero-order valence-corrected chi connectivity index (χ0v) is 27.9. The van der Waals surface area contributed by atoms with Crippen LogP contribution in [0.3, 0.4) is 0 Å². The highest BCUT2D eigenvalue weighted by Crippen LogP contribution is 2.46. The second-order valence-corrected chi connectivity index (χ2v) is 17.2. The number of ether oxygens (including phenoxy) is 3. The van der Waals surface area contributed by atoms with E-state index in [-0.39, 0.29) is 23.5 Å². The van der Waals surface area contributed by atoms with E-state index in [1.54, 1.807) is 13.8 Å². The summed E-state index contributed by atoms with van der Waals surface area (Å²) in [6.45, 7) is 15.2. The number of rotatable bonds is 11. The summed E-state index contributed by atoms with van der Waals surface area (Å²) in [5.74, 6) is -1.25. The molecule has 43 heavy (non-hydrogen) atoms. The lowest BCUT2D eigenvalue weighted by atomic mass is 9.71. The molecule has 0 unspecified atom stereocenters. The molecule has 6 nitrogen and oxygen atoms in total. The van der Waals surface area contributed by atoms with E-state index in [1.165, 1.54) is 10.4 Å². The van der Waals surface area contributed by atoms with Crippen molar-refractivity contribution >= 4 is 30.6 Å².